The summed E-state index contributed by atoms with van der Waals surface area (Å²) < 4.78 is 11.7. The van der Waals surface area contributed by atoms with Crippen LogP contribution in [-0.2, 0) is 22.7 Å². The zero-order valence-electron chi connectivity index (χ0n) is 13.7. The second kappa shape index (κ2) is 10.0. The predicted molar refractivity (Wildman–Crippen MR) is 93.3 cm³/mol. The summed E-state index contributed by atoms with van der Waals surface area (Å²) in [4.78, 5) is 0. The Bertz CT molecular complexity index is 598. The lowest BCUT2D eigenvalue weighted by atomic mass is 10.1. The number of hydrogen-bond donors (Lipinski definition) is 2. The molecule has 0 unspecified atom stereocenters. The molecule has 0 aliphatic rings. The lowest BCUT2D eigenvalue weighted by Crippen LogP contribution is -2.37. The summed E-state index contributed by atoms with van der Waals surface area (Å²) in [6, 6.07) is 19.4. The maximum atomic E-state index is 9.69. The molecule has 0 heterocycles. The van der Waals surface area contributed by atoms with Gasteiger partial charge in [0.1, 0.15) is 12.2 Å². The van der Waals surface area contributed by atoms with Crippen LogP contribution in [0.4, 0.5) is 0 Å². The van der Waals surface area contributed by atoms with Crippen molar-refractivity contribution in [3.63, 3.8) is 0 Å². The molecule has 0 radical (unpaired) electrons. The van der Waals surface area contributed by atoms with Crippen molar-refractivity contribution in [2.45, 2.75) is 25.4 Å². The molecule has 24 heavy (non-hydrogen) atoms. The van der Waals surface area contributed by atoms with Gasteiger partial charge in [-0.2, -0.15) is 0 Å². The normalized spacial score (nSPS) is 13.4. The zero-order chi connectivity index (χ0) is 17.2. The van der Waals surface area contributed by atoms with Crippen LogP contribution in [0.1, 0.15) is 11.1 Å². The molecular weight excluding hydrogens is 304 g/mol. The zero-order valence-corrected chi connectivity index (χ0v) is 13.7. The summed E-state index contributed by atoms with van der Waals surface area (Å²) in [5.74, 6) is 0. The second-order valence-corrected chi connectivity index (χ2v) is 5.55. The van der Waals surface area contributed by atoms with E-state index in [0.717, 1.165) is 11.1 Å². The summed E-state index contributed by atoms with van der Waals surface area (Å²) in [5.41, 5.74) is 2.50. The van der Waals surface area contributed by atoms with Crippen molar-refractivity contribution in [3.8, 4) is 0 Å². The molecule has 0 fully saturated rings. The van der Waals surface area contributed by atoms with Gasteiger partial charge in [0.15, 0.2) is 0 Å². The fraction of sp³-hybridized carbons (Fsp3) is 0.300. The van der Waals surface area contributed by atoms with E-state index < -0.39 is 12.2 Å². The first kappa shape index (κ1) is 18.4. The van der Waals surface area contributed by atoms with E-state index in [-0.39, 0.29) is 13.2 Å². The van der Waals surface area contributed by atoms with Gasteiger partial charge in [-0.25, -0.2) is 0 Å². The van der Waals surface area contributed by atoms with Crippen LogP contribution in [0.5, 0.6) is 0 Å². The SMILES string of the molecule is C=C(CO)[C@@H](OCc1ccccc1)[C@H](CO)OCc1ccccc1. The van der Waals surface area contributed by atoms with Crippen LogP contribution in [-0.4, -0.2) is 35.6 Å². The molecule has 2 aromatic carbocycles. The van der Waals surface area contributed by atoms with E-state index >= 15 is 0 Å². The van der Waals surface area contributed by atoms with Crippen LogP contribution in [0.25, 0.3) is 0 Å². The number of benzene rings is 2. The minimum atomic E-state index is -0.589. The number of rotatable bonds is 10. The Morgan fingerprint density at radius 1 is 0.833 bits per heavy atom. The van der Waals surface area contributed by atoms with E-state index in [1.54, 1.807) is 0 Å². The lowest BCUT2D eigenvalue weighted by Gasteiger charge is -2.27. The quantitative estimate of drug-likeness (QED) is 0.659. The third kappa shape index (κ3) is 5.58. The van der Waals surface area contributed by atoms with Crippen molar-refractivity contribution in [2.75, 3.05) is 13.2 Å². The van der Waals surface area contributed by atoms with Crippen molar-refractivity contribution in [2.24, 2.45) is 0 Å². The third-order valence-electron chi connectivity index (χ3n) is 3.70. The van der Waals surface area contributed by atoms with Crippen molar-refractivity contribution in [3.05, 3.63) is 83.9 Å². The van der Waals surface area contributed by atoms with Gasteiger partial charge in [-0.3, -0.25) is 0 Å². The molecule has 0 amide bonds. The van der Waals surface area contributed by atoms with Crippen molar-refractivity contribution in [1.82, 2.24) is 0 Å². The van der Waals surface area contributed by atoms with Gasteiger partial charge in [0.25, 0.3) is 0 Å². The predicted octanol–water partition coefficient (Wildman–Crippen LogP) is 2.70. The molecule has 4 nitrogen and oxygen atoms in total. The van der Waals surface area contributed by atoms with E-state index in [2.05, 4.69) is 6.58 Å². The van der Waals surface area contributed by atoms with Crippen LogP contribution in [0.3, 0.4) is 0 Å². The van der Waals surface area contributed by atoms with E-state index in [0.29, 0.717) is 18.8 Å². The van der Waals surface area contributed by atoms with Crippen molar-refractivity contribution >= 4 is 0 Å². The molecule has 2 rings (SSSR count). The minimum absolute atomic E-state index is 0.217. The molecule has 0 bridgehead atoms. The molecule has 128 valence electrons. The van der Waals surface area contributed by atoms with Gasteiger partial charge >= 0.3 is 0 Å². The standard InChI is InChI=1S/C20H24O4/c1-16(12-21)20(24-15-18-10-6-3-7-11-18)19(13-22)23-14-17-8-4-2-5-9-17/h2-11,19-22H,1,12-15H2/t19-,20+/m0/s1. The summed E-state index contributed by atoms with van der Waals surface area (Å²) in [5, 5.41) is 19.1. The maximum Gasteiger partial charge on any atom is 0.111 e. The van der Waals surface area contributed by atoms with Crippen LogP contribution in [0.2, 0.25) is 0 Å². The monoisotopic (exact) mass is 328 g/mol. The molecule has 0 aromatic heterocycles. The summed E-state index contributed by atoms with van der Waals surface area (Å²) in [6.45, 7) is 4.12. The van der Waals surface area contributed by atoms with Crippen molar-refractivity contribution in [1.29, 1.82) is 0 Å². The van der Waals surface area contributed by atoms with Gasteiger partial charge in [0.05, 0.1) is 26.4 Å². The summed E-state index contributed by atoms with van der Waals surface area (Å²) in [6.07, 6.45) is -1.17. The van der Waals surface area contributed by atoms with E-state index in [9.17, 15) is 10.2 Å². The molecule has 4 heteroatoms. The average molecular weight is 328 g/mol. The Balaban J connectivity index is 1.99. The first-order chi connectivity index (χ1) is 11.7. The van der Waals surface area contributed by atoms with Gasteiger partial charge in [0.2, 0.25) is 0 Å². The smallest absolute Gasteiger partial charge is 0.111 e. The highest BCUT2D eigenvalue weighted by molar-refractivity contribution is 5.15. The van der Waals surface area contributed by atoms with Crippen LogP contribution in [0.15, 0.2) is 72.8 Å². The molecule has 0 saturated heterocycles. The Morgan fingerprint density at radius 3 is 1.79 bits per heavy atom. The molecule has 2 N–H and O–H groups in total. The van der Waals surface area contributed by atoms with Crippen LogP contribution < -0.4 is 0 Å². The average Bonchev–Trinajstić information content (AvgIpc) is 2.65. The molecular formula is C20H24O4. The largest absolute Gasteiger partial charge is 0.394 e. The number of aliphatic hydroxyl groups is 2. The van der Waals surface area contributed by atoms with E-state index in [1.165, 1.54) is 0 Å². The summed E-state index contributed by atoms with van der Waals surface area (Å²) >= 11 is 0. The number of hydrogen-bond acceptors (Lipinski definition) is 4. The highest BCUT2D eigenvalue weighted by Gasteiger charge is 2.25. The molecule has 2 aromatic rings. The highest BCUT2D eigenvalue weighted by atomic mass is 16.5. The highest BCUT2D eigenvalue weighted by Crippen LogP contribution is 2.17. The van der Waals surface area contributed by atoms with Gasteiger partial charge in [0, 0.05) is 0 Å². The van der Waals surface area contributed by atoms with Crippen LogP contribution in [0, 0.1) is 0 Å². The third-order valence-corrected chi connectivity index (χ3v) is 3.70. The first-order valence-corrected chi connectivity index (χ1v) is 7.95. The second-order valence-electron chi connectivity index (χ2n) is 5.55. The first-order valence-electron chi connectivity index (χ1n) is 7.95. The fourth-order valence-corrected chi connectivity index (χ4v) is 2.35. The molecule has 2 atom stereocenters. The number of aliphatic hydroxyl groups excluding tert-OH is 2. The fourth-order valence-electron chi connectivity index (χ4n) is 2.35. The summed E-state index contributed by atoms with van der Waals surface area (Å²) in [7, 11) is 0. The Morgan fingerprint density at radius 2 is 1.33 bits per heavy atom. The van der Waals surface area contributed by atoms with Gasteiger partial charge < -0.3 is 19.7 Å². The molecule has 0 spiro atoms. The van der Waals surface area contributed by atoms with E-state index in [1.807, 2.05) is 60.7 Å². The van der Waals surface area contributed by atoms with Crippen LogP contribution >= 0.6 is 0 Å². The molecule has 0 aliphatic carbocycles. The van der Waals surface area contributed by atoms with Crippen molar-refractivity contribution < 1.29 is 19.7 Å². The number of ether oxygens (including phenoxy) is 2. The lowest BCUT2D eigenvalue weighted by molar-refractivity contribution is -0.0912. The Hall–Kier alpha value is -1.98. The molecule has 0 saturated carbocycles. The Labute approximate surface area is 143 Å². The van der Waals surface area contributed by atoms with Gasteiger partial charge in [-0.05, 0) is 16.7 Å². The minimum Gasteiger partial charge on any atom is -0.394 e. The molecule has 0 aliphatic heterocycles. The Kier molecular flexibility index (Phi) is 7.65. The maximum absolute atomic E-state index is 9.69. The van der Waals surface area contributed by atoms with Gasteiger partial charge in [-0.15, -0.1) is 0 Å². The topological polar surface area (TPSA) is 58.9 Å². The van der Waals surface area contributed by atoms with E-state index in [4.69, 9.17) is 9.47 Å². The van der Waals surface area contributed by atoms with Gasteiger partial charge in [-0.1, -0.05) is 67.2 Å².